The van der Waals surface area contributed by atoms with Gasteiger partial charge in [-0.15, -0.1) is 11.3 Å². The zero-order valence-corrected chi connectivity index (χ0v) is 16.2. The predicted molar refractivity (Wildman–Crippen MR) is 103 cm³/mol. The largest absolute Gasteiger partial charge is 0.493 e. The fourth-order valence-electron chi connectivity index (χ4n) is 2.05. The Hall–Kier alpha value is -2.87. The van der Waals surface area contributed by atoms with E-state index >= 15 is 0 Å². The molecule has 0 saturated heterocycles. The van der Waals surface area contributed by atoms with Crippen molar-refractivity contribution in [1.29, 1.82) is 0 Å². The fraction of sp³-hybridized carbons (Fsp3) is 0.316. The second-order valence-corrected chi connectivity index (χ2v) is 7.21. The van der Waals surface area contributed by atoms with E-state index in [1.807, 2.05) is 13.8 Å². The molecule has 0 spiro atoms. The molecule has 0 unspecified atom stereocenters. The number of hydrogen-bond donors (Lipinski definition) is 2. The van der Waals surface area contributed by atoms with Crippen LogP contribution in [0.25, 0.3) is 0 Å². The van der Waals surface area contributed by atoms with Crippen LogP contribution in [0, 0.1) is 5.92 Å². The third kappa shape index (κ3) is 5.82. The van der Waals surface area contributed by atoms with Gasteiger partial charge < -0.3 is 20.5 Å². The third-order valence-electron chi connectivity index (χ3n) is 3.49. The first-order chi connectivity index (χ1) is 12.8. The van der Waals surface area contributed by atoms with Crippen molar-refractivity contribution in [2.24, 2.45) is 11.7 Å². The Labute approximate surface area is 161 Å². The number of ether oxygens (including phenoxy) is 2. The highest BCUT2D eigenvalue weighted by Gasteiger charge is 2.21. The summed E-state index contributed by atoms with van der Waals surface area (Å²) in [5.74, 6) is -0.773. The van der Waals surface area contributed by atoms with Gasteiger partial charge >= 0.3 is 5.97 Å². The monoisotopic (exact) mass is 390 g/mol. The van der Waals surface area contributed by atoms with E-state index in [2.05, 4.69) is 5.32 Å². The first-order valence-electron chi connectivity index (χ1n) is 8.40. The Morgan fingerprint density at radius 1 is 1.11 bits per heavy atom. The number of amides is 2. The Morgan fingerprint density at radius 2 is 1.78 bits per heavy atom. The summed E-state index contributed by atoms with van der Waals surface area (Å²) in [6, 6.07) is 8.02. The Bertz CT molecular complexity index is 814. The molecule has 1 atom stereocenters. The summed E-state index contributed by atoms with van der Waals surface area (Å²) in [4.78, 5) is 35.7. The highest BCUT2D eigenvalue weighted by Crippen LogP contribution is 2.23. The molecule has 1 aromatic carbocycles. The molecule has 0 fully saturated rings. The summed E-state index contributed by atoms with van der Waals surface area (Å²) < 4.78 is 10.7. The summed E-state index contributed by atoms with van der Waals surface area (Å²) in [6.45, 7) is 6.11. The molecule has 7 nitrogen and oxygen atoms in total. The van der Waals surface area contributed by atoms with Crippen molar-refractivity contribution in [2.75, 3.05) is 11.9 Å². The maximum atomic E-state index is 12.2. The minimum Gasteiger partial charge on any atom is -0.493 e. The second-order valence-electron chi connectivity index (χ2n) is 6.29. The number of rotatable bonds is 8. The molecule has 0 aliphatic rings. The highest BCUT2D eigenvalue weighted by atomic mass is 32.1. The highest BCUT2D eigenvalue weighted by molar-refractivity contribution is 7.14. The molecule has 0 radical (unpaired) electrons. The average molecular weight is 390 g/mol. The molecule has 27 heavy (non-hydrogen) atoms. The molecule has 1 aromatic heterocycles. The van der Waals surface area contributed by atoms with Crippen LogP contribution >= 0.6 is 11.3 Å². The summed E-state index contributed by atoms with van der Waals surface area (Å²) >= 11 is 1.16. The van der Waals surface area contributed by atoms with Crippen LogP contribution in [0.3, 0.4) is 0 Å². The standard InChI is InChI=1S/C19H22N2O5S/c1-11(2)10-25-14-6-4-13(5-7-14)19(24)26-12(3)17(23)21-18-15(16(20)22)8-9-27-18/h4-9,11-12H,10H2,1-3H3,(H2,20,22)(H,21,23)/t12-/m1/s1. The molecule has 2 amide bonds. The molecule has 1 heterocycles. The Balaban J connectivity index is 1.93. The number of thiophene rings is 1. The van der Waals surface area contributed by atoms with Gasteiger partial charge in [-0.25, -0.2) is 4.79 Å². The van der Waals surface area contributed by atoms with E-state index in [-0.39, 0.29) is 5.56 Å². The molecule has 0 aliphatic heterocycles. The van der Waals surface area contributed by atoms with Gasteiger partial charge in [0.1, 0.15) is 10.8 Å². The number of primary amides is 1. The van der Waals surface area contributed by atoms with Crippen LogP contribution in [-0.2, 0) is 9.53 Å². The SMILES string of the molecule is CC(C)COc1ccc(C(=O)O[C@H](C)C(=O)Nc2sccc2C(N)=O)cc1. The lowest BCUT2D eigenvalue weighted by atomic mass is 10.2. The van der Waals surface area contributed by atoms with Crippen LogP contribution in [0.15, 0.2) is 35.7 Å². The molecule has 2 rings (SSSR count). The normalized spacial score (nSPS) is 11.7. The second kappa shape index (κ2) is 9.18. The molecular formula is C19H22N2O5S. The van der Waals surface area contributed by atoms with Gasteiger partial charge in [0.05, 0.1) is 17.7 Å². The van der Waals surface area contributed by atoms with Crippen LogP contribution in [-0.4, -0.2) is 30.5 Å². The van der Waals surface area contributed by atoms with E-state index in [0.717, 1.165) is 11.3 Å². The molecule has 3 N–H and O–H groups in total. The van der Waals surface area contributed by atoms with Gasteiger partial charge in [-0.1, -0.05) is 13.8 Å². The van der Waals surface area contributed by atoms with Crippen LogP contribution in [0.5, 0.6) is 5.75 Å². The van der Waals surface area contributed by atoms with Crippen LogP contribution in [0.2, 0.25) is 0 Å². The first-order valence-corrected chi connectivity index (χ1v) is 9.28. The zero-order valence-electron chi connectivity index (χ0n) is 15.4. The number of nitrogens with one attached hydrogen (secondary N) is 1. The van der Waals surface area contributed by atoms with Gasteiger partial charge in [-0.3, -0.25) is 9.59 Å². The maximum absolute atomic E-state index is 12.2. The van der Waals surface area contributed by atoms with Crippen molar-refractivity contribution in [3.05, 3.63) is 46.8 Å². The molecule has 8 heteroatoms. The zero-order chi connectivity index (χ0) is 20.0. The van der Waals surface area contributed by atoms with E-state index in [1.54, 1.807) is 29.6 Å². The third-order valence-corrected chi connectivity index (χ3v) is 4.32. The molecule has 0 saturated carbocycles. The minimum absolute atomic E-state index is 0.212. The van der Waals surface area contributed by atoms with Crippen molar-refractivity contribution in [1.82, 2.24) is 0 Å². The smallest absolute Gasteiger partial charge is 0.338 e. The van der Waals surface area contributed by atoms with Crippen LogP contribution in [0.1, 0.15) is 41.5 Å². The summed E-state index contributed by atoms with van der Waals surface area (Å²) in [7, 11) is 0. The number of benzene rings is 1. The molecule has 0 aliphatic carbocycles. The fourth-order valence-corrected chi connectivity index (χ4v) is 2.84. The number of anilines is 1. The summed E-state index contributed by atoms with van der Waals surface area (Å²) in [5.41, 5.74) is 5.76. The lowest BCUT2D eigenvalue weighted by molar-refractivity contribution is -0.123. The number of esters is 1. The van der Waals surface area contributed by atoms with E-state index < -0.39 is 23.9 Å². The van der Waals surface area contributed by atoms with Crippen molar-refractivity contribution in [2.45, 2.75) is 26.9 Å². The summed E-state index contributed by atoms with van der Waals surface area (Å²) in [5, 5.41) is 4.50. The molecule has 144 valence electrons. The van der Waals surface area contributed by atoms with Gasteiger partial charge in [0.15, 0.2) is 6.10 Å². The van der Waals surface area contributed by atoms with E-state index in [4.69, 9.17) is 15.2 Å². The van der Waals surface area contributed by atoms with Gasteiger partial charge in [0.25, 0.3) is 11.8 Å². The molecule has 2 aromatic rings. The minimum atomic E-state index is -1.04. The van der Waals surface area contributed by atoms with Gasteiger partial charge in [-0.05, 0) is 48.6 Å². The number of nitrogens with two attached hydrogens (primary N) is 1. The number of carbonyl (C=O) groups excluding carboxylic acids is 3. The van der Waals surface area contributed by atoms with Crippen molar-refractivity contribution < 1.29 is 23.9 Å². The molecular weight excluding hydrogens is 368 g/mol. The van der Waals surface area contributed by atoms with E-state index in [9.17, 15) is 14.4 Å². The van der Waals surface area contributed by atoms with Crippen molar-refractivity contribution in [3.8, 4) is 5.75 Å². The van der Waals surface area contributed by atoms with Gasteiger partial charge in [0, 0.05) is 0 Å². The first kappa shape index (κ1) is 20.4. The van der Waals surface area contributed by atoms with Gasteiger partial charge in [-0.2, -0.15) is 0 Å². The van der Waals surface area contributed by atoms with Crippen LogP contribution < -0.4 is 15.8 Å². The van der Waals surface area contributed by atoms with E-state index in [0.29, 0.717) is 28.8 Å². The number of carbonyl (C=O) groups is 3. The van der Waals surface area contributed by atoms with Crippen molar-refractivity contribution in [3.63, 3.8) is 0 Å². The Kier molecular flexibility index (Phi) is 6.95. The van der Waals surface area contributed by atoms with E-state index in [1.165, 1.54) is 13.0 Å². The van der Waals surface area contributed by atoms with Crippen molar-refractivity contribution >= 4 is 34.1 Å². The topological polar surface area (TPSA) is 108 Å². The maximum Gasteiger partial charge on any atom is 0.338 e. The quantitative estimate of drug-likeness (QED) is 0.674. The lowest BCUT2D eigenvalue weighted by Crippen LogP contribution is -2.30. The average Bonchev–Trinajstić information content (AvgIpc) is 3.08. The predicted octanol–water partition coefficient (Wildman–Crippen LogP) is 3.07. The number of hydrogen-bond acceptors (Lipinski definition) is 6. The lowest BCUT2D eigenvalue weighted by Gasteiger charge is -2.14. The Morgan fingerprint density at radius 3 is 2.37 bits per heavy atom. The van der Waals surface area contributed by atoms with Crippen LogP contribution in [0.4, 0.5) is 5.00 Å². The van der Waals surface area contributed by atoms with Gasteiger partial charge in [0.2, 0.25) is 0 Å². The molecule has 0 bridgehead atoms. The summed E-state index contributed by atoms with van der Waals surface area (Å²) in [6.07, 6.45) is -1.04.